The van der Waals surface area contributed by atoms with E-state index in [0.717, 1.165) is 0 Å². The third-order valence-electron chi connectivity index (χ3n) is 3.66. The summed E-state index contributed by atoms with van der Waals surface area (Å²) in [7, 11) is 2.56. The number of carbonyl (C=O) groups excluding carboxylic acids is 3. The Kier molecular flexibility index (Phi) is 6.80. The van der Waals surface area contributed by atoms with Crippen molar-refractivity contribution in [2.75, 3.05) is 14.2 Å². The van der Waals surface area contributed by atoms with Crippen LogP contribution in [0.4, 0.5) is 0 Å². The highest BCUT2D eigenvalue weighted by molar-refractivity contribution is 5.79. The first-order valence-electron chi connectivity index (χ1n) is 7.38. The van der Waals surface area contributed by atoms with Crippen LogP contribution in [0, 0.1) is 11.8 Å². The summed E-state index contributed by atoms with van der Waals surface area (Å²) in [5.74, 6) is -1.50. The second-order valence-corrected chi connectivity index (χ2v) is 5.91. The lowest BCUT2D eigenvalue weighted by Gasteiger charge is -2.28. The van der Waals surface area contributed by atoms with Crippen LogP contribution in [-0.4, -0.2) is 50.3 Å². The Bertz CT molecular complexity index is 422. The van der Waals surface area contributed by atoms with Crippen LogP contribution < -0.4 is 5.32 Å². The summed E-state index contributed by atoms with van der Waals surface area (Å²) in [6, 6.07) is -0.365. The molecule has 1 aliphatic rings. The summed E-state index contributed by atoms with van der Waals surface area (Å²) in [5.41, 5.74) is 0. The molecule has 0 aromatic heterocycles. The lowest BCUT2D eigenvalue weighted by molar-refractivity contribution is -0.155. The first-order valence-corrected chi connectivity index (χ1v) is 7.38. The zero-order chi connectivity index (χ0) is 16.9. The maximum absolute atomic E-state index is 12.0. The molecular formula is C15H25NO6. The van der Waals surface area contributed by atoms with Crippen molar-refractivity contribution in [1.82, 2.24) is 5.32 Å². The number of hydrogen-bond acceptors (Lipinski definition) is 6. The molecule has 0 saturated carbocycles. The van der Waals surface area contributed by atoms with Crippen molar-refractivity contribution in [1.29, 1.82) is 0 Å². The molecule has 1 fully saturated rings. The zero-order valence-corrected chi connectivity index (χ0v) is 13.8. The minimum atomic E-state index is -0.817. The molecule has 0 aliphatic carbocycles. The smallest absolute Gasteiger partial charge is 0.335 e. The molecular weight excluding hydrogens is 290 g/mol. The van der Waals surface area contributed by atoms with Gasteiger partial charge in [-0.3, -0.25) is 9.59 Å². The Morgan fingerprint density at radius 3 is 2.23 bits per heavy atom. The molecule has 1 amide bonds. The van der Waals surface area contributed by atoms with Gasteiger partial charge in [-0.25, -0.2) is 4.79 Å². The second kappa shape index (κ2) is 8.12. The van der Waals surface area contributed by atoms with Crippen LogP contribution in [0.25, 0.3) is 0 Å². The highest BCUT2D eigenvalue weighted by atomic mass is 16.6. The quantitative estimate of drug-likeness (QED) is 0.724. The largest absolute Gasteiger partial charge is 0.469 e. The summed E-state index contributed by atoms with van der Waals surface area (Å²) >= 11 is 0. The summed E-state index contributed by atoms with van der Waals surface area (Å²) < 4.78 is 15.2. The van der Waals surface area contributed by atoms with Gasteiger partial charge < -0.3 is 19.5 Å². The molecule has 0 aromatic rings. The van der Waals surface area contributed by atoms with Gasteiger partial charge in [-0.2, -0.15) is 0 Å². The van der Waals surface area contributed by atoms with Crippen LogP contribution >= 0.6 is 0 Å². The minimum absolute atomic E-state index is 0.193. The van der Waals surface area contributed by atoms with E-state index in [4.69, 9.17) is 9.47 Å². The van der Waals surface area contributed by atoms with Crippen LogP contribution in [0.3, 0.4) is 0 Å². The average molecular weight is 315 g/mol. The maximum atomic E-state index is 12.0. The van der Waals surface area contributed by atoms with E-state index in [9.17, 15) is 14.4 Å². The number of hydrogen-bond donors (Lipinski definition) is 1. The Morgan fingerprint density at radius 2 is 1.77 bits per heavy atom. The number of nitrogens with one attached hydrogen (secondary N) is 1. The number of carbonyl (C=O) groups is 3. The fourth-order valence-corrected chi connectivity index (χ4v) is 2.79. The van der Waals surface area contributed by atoms with Crippen LogP contribution in [0.15, 0.2) is 0 Å². The van der Waals surface area contributed by atoms with Crippen molar-refractivity contribution < 1.29 is 28.6 Å². The summed E-state index contributed by atoms with van der Waals surface area (Å²) in [5, 5.41) is 2.82. The summed E-state index contributed by atoms with van der Waals surface area (Å²) in [6.07, 6.45) is -0.602. The second-order valence-electron chi connectivity index (χ2n) is 5.91. The van der Waals surface area contributed by atoms with Gasteiger partial charge in [0.05, 0.1) is 32.3 Å². The van der Waals surface area contributed by atoms with Gasteiger partial charge in [-0.05, 0) is 12.3 Å². The van der Waals surface area contributed by atoms with E-state index in [1.165, 1.54) is 21.1 Å². The number of amides is 1. The first-order chi connectivity index (χ1) is 10.3. The van der Waals surface area contributed by atoms with Gasteiger partial charge in [-0.15, -0.1) is 0 Å². The number of ether oxygens (including phenoxy) is 3. The molecule has 1 rings (SSSR count). The van der Waals surface area contributed by atoms with E-state index in [1.807, 2.05) is 13.8 Å². The Hall–Kier alpha value is -1.63. The van der Waals surface area contributed by atoms with Crippen molar-refractivity contribution in [3.05, 3.63) is 0 Å². The monoisotopic (exact) mass is 315 g/mol. The van der Waals surface area contributed by atoms with E-state index in [0.29, 0.717) is 6.42 Å². The molecule has 3 unspecified atom stereocenters. The van der Waals surface area contributed by atoms with Crippen molar-refractivity contribution in [3.63, 3.8) is 0 Å². The predicted molar refractivity (Wildman–Crippen MR) is 77.9 cm³/mol. The van der Waals surface area contributed by atoms with E-state index in [-0.39, 0.29) is 24.3 Å². The summed E-state index contributed by atoms with van der Waals surface area (Å²) in [6.45, 7) is 5.43. The minimum Gasteiger partial charge on any atom is -0.469 e. The molecule has 7 heteroatoms. The van der Waals surface area contributed by atoms with Crippen LogP contribution in [0.5, 0.6) is 0 Å². The van der Waals surface area contributed by atoms with Crippen molar-refractivity contribution in [2.24, 2.45) is 11.8 Å². The number of esters is 2. The van der Waals surface area contributed by atoms with Gasteiger partial charge in [0.25, 0.3) is 0 Å². The van der Waals surface area contributed by atoms with Crippen LogP contribution in [-0.2, 0) is 28.6 Å². The molecule has 0 aromatic carbocycles. The van der Waals surface area contributed by atoms with Crippen molar-refractivity contribution in [3.8, 4) is 0 Å². The van der Waals surface area contributed by atoms with E-state index in [2.05, 4.69) is 10.1 Å². The highest BCUT2D eigenvalue weighted by Gasteiger charge is 2.47. The van der Waals surface area contributed by atoms with E-state index < -0.39 is 30.1 Å². The molecule has 7 nitrogen and oxygen atoms in total. The van der Waals surface area contributed by atoms with Crippen LogP contribution in [0.2, 0.25) is 0 Å². The van der Waals surface area contributed by atoms with E-state index in [1.54, 1.807) is 0 Å². The van der Waals surface area contributed by atoms with Gasteiger partial charge in [0.15, 0.2) is 6.10 Å². The number of methoxy groups -OCH3 is 2. The van der Waals surface area contributed by atoms with Crippen LogP contribution in [0.1, 0.15) is 33.6 Å². The van der Waals surface area contributed by atoms with Crippen molar-refractivity contribution >= 4 is 17.8 Å². The van der Waals surface area contributed by atoms with Gasteiger partial charge >= 0.3 is 11.9 Å². The molecule has 126 valence electrons. The van der Waals surface area contributed by atoms with Gasteiger partial charge in [-0.1, -0.05) is 13.8 Å². The fourth-order valence-electron chi connectivity index (χ4n) is 2.79. The lowest BCUT2D eigenvalue weighted by Crippen LogP contribution is -2.47. The third-order valence-corrected chi connectivity index (χ3v) is 3.66. The molecule has 4 atom stereocenters. The van der Waals surface area contributed by atoms with Gasteiger partial charge in [0.1, 0.15) is 0 Å². The molecule has 0 spiro atoms. The van der Waals surface area contributed by atoms with Gasteiger partial charge in [0.2, 0.25) is 5.91 Å². The Morgan fingerprint density at radius 1 is 1.18 bits per heavy atom. The molecule has 1 heterocycles. The molecule has 1 N–H and O–H groups in total. The zero-order valence-electron chi connectivity index (χ0n) is 13.8. The predicted octanol–water partition coefficient (Wildman–Crippen LogP) is 0.657. The van der Waals surface area contributed by atoms with Gasteiger partial charge in [0, 0.05) is 13.3 Å². The topological polar surface area (TPSA) is 90.9 Å². The highest BCUT2D eigenvalue weighted by Crippen LogP contribution is 2.32. The number of rotatable bonds is 6. The SMILES string of the molecule is COC(=O)C1C[C@@H](C(=O)OC)OC1C(CC(C)C)NC(C)=O. The third kappa shape index (κ3) is 4.69. The Labute approximate surface area is 130 Å². The maximum Gasteiger partial charge on any atom is 0.335 e. The normalized spacial score (nSPS) is 25.6. The average Bonchev–Trinajstić information content (AvgIpc) is 2.89. The lowest BCUT2D eigenvalue weighted by atomic mass is 9.89. The molecule has 1 saturated heterocycles. The van der Waals surface area contributed by atoms with E-state index >= 15 is 0 Å². The molecule has 0 bridgehead atoms. The molecule has 0 radical (unpaired) electrons. The summed E-state index contributed by atoms with van der Waals surface area (Å²) in [4.78, 5) is 35.1. The fraction of sp³-hybridized carbons (Fsp3) is 0.800. The van der Waals surface area contributed by atoms with Crippen molar-refractivity contribution in [2.45, 2.75) is 51.9 Å². The standard InChI is InChI=1S/C15H25NO6/c1-8(2)6-11(16-9(3)17)13-10(14(18)20-4)7-12(22-13)15(19)21-5/h8,10-13H,6-7H2,1-5H3,(H,16,17)/t10?,11?,12-,13?/m0/s1. The first kappa shape index (κ1) is 18.4. The Balaban J connectivity index is 2.98. The molecule has 22 heavy (non-hydrogen) atoms. The molecule has 1 aliphatic heterocycles.